The number of benzene rings is 1. The van der Waals surface area contributed by atoms with Gasteiger partial charge in [0.25, 0.3) is 5.91 Å². The predicted molar refractivity (Wildman–Crippen MR) is 70.4 cm³/mol. The second-order valence-electron chi connectivity index (χ2n) is 3.73. The third-order valence-corrected chi connectivity index (χ3v) is 2.88. The van der Waals surface area contributed by atoms with Crippen LogP contribution in [0.4, 0.5) is 5.69 Å². The molecule has 1 aromatic heterocycles. The lowest BCUT2D eigenvalue weighted by Gasteiger charge is -2.08. The van der Waals surface area contributed by atoms with Crippen LogP contribution in [0.5, 0.6) is 0 Å². The van der Waals surface area contributed by atoms with Gasteiger partial charge in [0.2, 0.25) is 0 Å². The fourth-order valence-corrected chi connectivity index (χ4v) is 1.75. The zero-order valence-electron chi connectivity index (χ0n) is 9.64. The van der Waals surface area contributed by atoms with Crippen molar-refractivity contribution in [3.05, 3.63) is 47.2 Å². The van der Waals surface area contributed by atoms with E-state index in [-0.39, 0.29) is 10.9 Å². The average molecular weight is 265 g/mol. The number of hydrogen-bond donors (Lipinski definition) is 2. The lowest BCUT2D eigenvalue weighted by molar-refractivity contribution is 0.0952. The van der Waals surface area contributed by atoms with Crippen molar-refractivity contribution < 1.29 is 4.79 Å². The molecular formula is C12H13ClN4O. The summed E-state index contributed by atoms with van der Waals surface area (Å²) in [5.41, 5.74) is 6.42. The van der Waals surface area contributed by atoms with Gasteiger partial charge in [0.15, 0.2) is 0 Å². The normalized spacial score (nSPS) is 10.3. The first-order chi connectivity index (χ1) is 8.68. The maximum absolute atomic E-state index is 11.9. The summed E-state index contributed by atoms with van der Waals surface area (Å²) in [6, 6.07) is 6.82. The number of nitrogens with one attached hydrogen (secondary N) is 1. The Balaban J connectivity index is 1.93. The van der Waals surface area contributed by atoms with Crippen LogP contribution < -0.4 is 11.1 Å². The van der Waals surface area contributed by atoms with E-state index in [4.69, 9.17) is 17.3 Å². The maximum Gasteiger partial charge on any atom is 0.252 e. The molecule has 0 spiro atoms. The van der Waals surface area contributed by atoms with E-state index in [0.29, 0.717) is 24.3 Å². The minimum atomic E-state index is -0.237. The number of nitrogens with two attached hydrogens (primary N) is 1. The molecule has 1 heterocycles. The van der Waals surface area contributed by atoms with Crippen LogP contribution in [0.3, 0.4) is 0 Å². The lowest BCUT2D eigenvalue weighted by Crippen LogP contribution is -2.27. The van der Waals surface area contributed by atoms with Gasteiger partial charge < -0.3 is 11.1 Å². The number of nitrogens with zero attached hydrogens (tertiary/aromatic N) is 2. The van der Waals surface area contributed by atoms with Crippen molar-refractivity contribution in [3.8, 4) is 0 Å². The standard InChI is InChI=1S/C12H13ClN4O/c13-11-9(3-1-4-10(11)14)12(18)15-6-8-17-7-2-5-16-17/h1-5,7H,6,8,14H2,(H,15,18). The summed E-state index contributed by atoms with van der Waals surface area (Å²) in [6.07, 6.45) is 3.52. The van der Waals surface area contributed by atoms with E-state index in [1.807, 2.05) is 12.3 Å². The maximum atomic E-state index is 11.9. The fourth-order valence-electron chi connectivity index (χ4n) is 1.54. The molecule has 0 aliphatic heterocycles. The highest BCUT2D eigenvalue weighted by Crippen LogP contribution is 2.22. The molecule has 3 N–H and O–H groups in total. The molecule has 0 radical (unpaired) electrons. The molecule has 2 rings (SSSR count). The second-order valence-corrected chi connectivity index (χ2v) is 4.11. The third kappa shape index (κ3) is 2.81. The Morgan fingerprint density at radius 3 is 3.00 bits per heavy atom. The van der Waals surface area contributed by atoms with E-state index in [1.165, 1.54) is 0 Å². The van der Waals surface area contributed by atoms with Crippen molar-refractivity contribution in [1.82, 2.24) is 15.1 Å². The molecule has 18 heavy (non-hydrogen) atoms. The molecule has 5 nitrogen and oxygen atoms in total. The van der Waals surface area contributed by atoms with Crippen LogP contribution in [0.25, 0.3) is 0 Å². The first kappa shape index (κ1) is 12.4. The zero-order valence-corrected chi connectivity index (χ0v) is 10.4. The van der Waals surface area contributed by atoms with Gasteiger partial charge in [-0.05, 0) is 18.2 Å². The van der Waals surface area contributed by atoms with Crippen molar-refractivity contribution in [2.75, 3.05) is 12.3 Å². The molecule has 0 aliphatic carbocycles. The van der Waals surface area contributed by atoms with E-state index < -0.39 is 0 Å². The number of amides is 1. The van der Waals surface area contributed by atoms with Gasteiger partial charge in [0.05, 0.1) is 22.8 Å². The number of carbonyl (C=O) groups is 1. The molecule has 0 atom stereocenters. The van der Waals surface area contributed by atoms with Crippen molar-refractivity contribution in [1.29, 1.82) is 0 Å². The number of nitrogen functional groups attached to an aromatic ring is 1. The zero-order chi connectivity index (χ0) is 13.0. The number of rotatable bonds is 4. The quantitative estimate of drug-likeness (QED) is 0.823. The Labute approximate surface area is 110 Å². The summed E-state index contributed by atoms with van der Waals surface area (Å²) >= 11 is 5.96. The van der Waals surface area contributed by atoms with E-state index in [0.717, 1.165) is 0 Å². The number of aromatic nitrogens is 2. The van der Waals surface area contributed by atoms with Crippen LogP contribution in [-0.4, -0.2) is 22.2 Å². The lowest BCUT2D eigenvalue weighted by atomic mass is 10.2. The Morgan fingerprint density at radius 2 is 2.28 bits per heavy atom. The first-order valence-electron chi connectivity index (χ1n) is 5.48. The van der Waals surface area contributed by atoms with E-state index in [9.17, 15) is 4.79 Å². The molecule has 0 saturated heterocycles. The largest absolute Gasteiger partial charge is 0.398 e. The van der Waals surface area contributed by atoms with E-state index in [1.54, 1.807) is 29.1 Å². The van der Waals surface area contributed by atoms with Crippen molar-refractivity contribution in [2.24, 2.45) is 0 Å². The highest BCUT2D eigenvalue weighted by molar-refractivity contribution is 6.36. The molecule has 0 aliphatic rings. The molecular weight excluding hydrogens is 252 g/mol. The summed E-state index contributed by atoms with van der Waals surface area (Å²) in [5, 5.41) is 7.09. The Bertz CT molecular complexity index is 539. The molecule has 0 saturated carbocycles. The molecule has 0 fully saturated rings. The molecule has 1 aromatic carbocycles. The van der Waals surface area contributed by atoms with Gasteiger partial charge in [-0.1, -0.05) is 17.7 Å². The molecule has 1 amide bonds. The van der Waals surface area contributed by atoms with E-state index >= 15 is 0 Å². The van der Waals surface area contributed by atoms with Crippen LogP contribution in [0.15, 0.2) is 36.7 Å². The fraction of sp³-hybridized carbons (Fsp3) is 0.167. The van der Waals surface area contributed by atoms with Gasteiger partial charge in [-0.25, -0.2) is 0 Å². The second kappa shape index (κ2) is 5.55. The summed E-state index contributed by atoms with van der Waals surface area (Å²) < 4.78 is 1.74. The molecule has 0 bridgehead atoms. The summed E-state index contributed by atoms with van der Waals surface area (Å²) in [5.74, 6) is -0.237. The van der Waals surface area contributed by atoms with Gasteiger partial charge in [-0.2, -0.15) is 5.10 Å². The highest BCUT2D eigenvalue weighted by Gasteiger charge is 2.11. The third-order valence-electron chi connectivity index (χ3n) is 2.46. The number of hydrogen-bond acceptors (Lipinski definition) is 3. The van der Waals surface area contributed by atoms with Crippen molar-refractivity contribution in [3.63, 3.8) is 0 Å². The predicted octanol–water partition coefficient (Wildman–Crippen LogP) is 1.55. The highest BCUT2D eigenvalue weighted by atomic mass is 35.5. The number of anilines is 1. The van der Waals surface area contributed by atoms with E-state index in [2.05, 4.69) is 10.4 Å². The topological polar surface area (TPSA) is 72.9 Å². The molecule has 6 heteroatoms. The summed E-state index contributed by atoms with van der Waals surface area (Å²) in [6.45, 7) is 1.09. The summed E-state index contributed by atoms with van der Waals surface area (Å²) in [7, 11) is 0. The number of carbonyl (C=O) groups excluding carboxylic acids is 1. The van der Waals surface area contributed by atoms with Crippen molar-refractivity contribution >= 4 is 23.2 Å². The Kier molecular flexibility index (Phi) is 3.84. The first-order valence-corrected chi connectivity index (χ1v) is 5.86. The SMILES string of the molecule is Nc1cccc(C(=O)NCCn2cccn2)c1Cl. The molecule has 94 valence electrons. The van der Waals surface area contributed by atoms with Gasteiger partial charge in [0, 0.05) is 18.9 Å². The van der Waals surface area contributed by atoms with Gasteiger partial charge in [-0.3, -0.25) is 9.48 Å². The summed E-state index contributed by atoms with van der Waals surface area (Å²) in [4.78, 5) is 11.9. The van der Waals surface area contributed by atoms with Crippen molar-refractivity contribution in [2.45, 2.75) is 6.54 Å². The smallest absolute Gasteiger partial charge is 0.252 e. The van der Waals surface area contributed by atoms with Crippen LogP contribution >= 0.6 is 11.6 Å². The van der Waals surface area contributed by atoms with Crippen LogP contribution in [0.2, 0.25) is 5.02 Å². The van der Waals surface area contributed by atoms with Crippen LogP contribution in [0, 0.1) is 0 Å². The monoisotopic (exact) mass is 264 g/mol. The molecule has 0 unspecified atom stereocenters. The van der Waals surface area contributed by atoms with Crippen LogP contribution in [0.1, 0.15) is 10.4 Å². The van der Waals surface area contributed by atoms with Gasteiger partial charge in [0.1, 0.15) is 0 Å². The molecule has 2 aromatic rings. The average Bonchev–Trinajstić information content (AvgIpc) is 2.85. The van der Waals surface area contributed by atoms with Crippen LogP contribution in [-0.2, 0) is 6.54 Å². The Morgan fingerprint density at radius 1 is 1.44 bits per heavy atom. The van der Waals surface area contributed by atoms with Gasteiger partial charge >= 0.3 is 0 Å². The minimum Gasteiger partial charge on any atom is -0.398 e. The Hall–Kier alpha value is -2.01. The minimum absolute atomic E-state index is 0.237. The van der Waals surface area contributed by atoms with Gasteiger partial charge in [-0.15, -0.1) is 0 Å². The number of halogens is 1.